The molecule has 114 valence electrons. The zero-order chi connectivity index (χ0) is 15.4. The fourth-order valence-corrected chi connectivity index (χ4v) is 3.92. The SMILES string of the molecule is CC1(C)CC2CN(C(=O)C(F)(F)F)CC1c1ccccc12. The monoisotopic (exact) mass is 297 g/mol. The van der Waals surface area contributed by atoms with E-state index >= 15 is 0 Å². The number of nitrogens with zero attached hydrogens (tertiary/aromatic N) is 1. The summed E-state index contributed by atoms with van der Waals surface area (Å²) >= 11 is 0. The fraction of sp³-hybridized carbons (Fsp3) is 0.562. The van der Waals surface area contributed by atoms with Gasteiger partial charge in [-0.05, 0) is 23.0 Å². The smallest absolute Gasteiger partial charge is 0.334 e. The molecule has 2 aliphatic heterocycles. The Morgan fingerprint density at radius 1 is 1.19 bits per heavy atom. The predicted octanol–water partition coefficient (Wildman–Crippen LogP) is 3.69. The third kappa shape index (κ3) is 2.32. The molecule has 1 amide bonds. The number of hydrogen-bond donors (Lipinski definition) is 0. The lowest BCUT2D eigenvalue weighted by Crippen LogP contribution is -2.43. The van der Waals surface area contributed by atoms with Crippen molar-refractivity contribution in [2.24, 2.45) is 5.41 Å². The van der Waals surface area contributed by atoms with Gasteiger partial charge in [-0.2, -0.15) is 13.2 Å². The fourth-order valence-electron chi connectivity index (χ4n) is 3.92. The molecule has 1 fully saturated rings. The second kappa shape index (κ2) is 4.49. The predicted molar refractivity (Wildman–Crippen MR) is 73.0 cm³/mol. The highest BCUT2D eigenvalue weighted by Crippen LogP contribution is 2.53. The standard InChI is InChI=1S/C16H18F3NO/c1-15(2)7-10-8-20(14(21)16(17,18)19)9-13(15)12-6-4-3-5-11(10)12/h3-6,10,13H,7-9H2,1-2H3. The van der Waals surface area contributed by atoms with Gasteiger partial charge < -0.3 is 4.90 Å². The Labute approximate surface area is 121 Å². The molecule has 2 nitrogen and oxygen atoms in total. The van der Waals surface area contributed by atoms with E-state index in [9.17, 15) is 18.0 Å². The highest BCUT2D eigenvalue weighted by Gasteiger charge is 2.50. The third-order valence-corrected chi connectivity index (χ3v) is 4.90. The Morgan fingerprint density at radius 3 is 2.43 bits per heavy atom. The largest absolute Gasteiger partial charge is 0.471 e. The molecule has 2 bridgehead atoms. The Morgan fingerprint density at radius 2 is 1.81 bits per heavy atom. The molecule has 1 aliphatic carbocycles. The van der Waals surface area contributed by atoms with Gasteiger partial charge in [0.05, 0.1) is 0 Å². The van der Waals surface area contributed by atoms with Gasteiger partial charge in [0.1, 0.15) is 0 Å². The van der Waals surface area contributed by atoms with E-state index in [4.69, 9.17) is 0 Å². The normalized spacial score (nSPS) is 27.2. The molecule has 0 radical (unpaired) electrons. The van der Waals surface area contributed by atoms with E-state index in [0.29, 0.717) is 0 Å². The van der Waals surface area contributed by atoms with E-state index in [1.54, 1.807) is 0 Å². The van der Waals surface area contributed by atoms with E-state index in [0.717, 1.165) is 22.4 Å². The van der Waals surface area contributed by atoms with Crippen LogP contribution >= 0.6 is 0 Å². The quantitative estimate of drug-likeness (QED) is 0.715. The number of alkyl halides is 3. The highest BCUT2D eigenvalue weighted by molar-refractivity contribution is 5.82. The number of fused-ring (bicyclic) bond motifs is 3. The maximum atomic E-state index is 12.8. The summed E-state index contributed by atoms with van der Waals surface area (Å²) in [7, 11) is 0. The second-order valence-electron chi connectivity index (χ2n) is 6.78. The summed E-state index contributed by atoms with van der Waals surface area (Å²) in [4.78, 5) is 12.7. The van der Waals surface area contributed by atoms with Crippen LogP contribution in [0.15, 0.2) is 24.3 Å². The van der Waals surface area contributed by atoms with Crippen molar-refractivity contribution in [1.82, 2.24) is 4.90 Å². The molecule has 1 aromatic carbocycles. The zero-order valence-corrected chi connectivity index (χ0v) is 12.1. The number of carbonyl (C=O) groups is 1. The van der Waals surface area contributed by atoms with E-state index in [2.05, 4.69) is 13.8 Å². The molecule has 2 heterocycles. The molecule has 2 atom stereocenters. The summed E-state index contributed by atoms with van der Waals surface area (Å²) in [6, 6.07) is 7.83. The molecule has 2 unspecified atom stereocenters. The minimum Gasteiger partial charge on any atom is -0.334 e. The number of benzene rings is 1. The van der Waals surface area contributed by atoms with Gasteiger partial charge in [0.15, 0.2) is 0 Å². The minimum atomic E-state index is -4.79. The minimum absolute atomic E-state index is 0.0127. The molecule has 0 spiro atoms. The molecule has 0 aromatic heterocycles. The van der Waals surface area contributed by atoms with Crippen LogP contribution in [0.2, 0.25) is 0 Å². The van der Waals surface area contributed by atoms with Gasteiger partial charge in [-0.3, -0.25) is 4.79 Å². The maximum absolute atomic E-state index is 12.8. The van der Waals surface area contributed by atoms with Gasteiger partial charge >= 0.3 is 12.1 Å². The maximum Gasteiger partial charge on any atom is 0.471 e. The molecular formula is C16H18F3NO. The lowest BCUT2D eigenvalue weighted by Gasteiger charge is -2.40. The third-order valence-electron chi connectivity index (χ3n) is 4.90. The van der Waals surface area contributed by atoms with Crippen LogP contribution in [0.5, 0.6) is 0 Å². The number of amides is 1. The lowest BCUT2D eigenvalue weighted by molar-refractivity contribution is -0.185. The van der Waals surface area contributed by atoms with Crippen LogP contribution in [0.3, 0.4) is 0 Å². The molecule has 0 N–H and O–H groups in total. The van der Waals surface area contributed by atoms with Gasteiger partial charge in [0.25, 0.3) is 0 Å². The number of carbonyl (C=O) groups excluding carboxylic acids is 1. The van der Waals surface area contributed by atoms with E-state index in [1.807, 2.05) is 24.3 Å². The first-order chi connectivity index (χ1) is 9.70. The average molecular weight is 297 g/mol. The Bertz CT molecular complexity index is 579. The van der Waals surface area contributed by atoms with Gasteiger partial charge in [-0.1, -0.05) is 38.1 Å². The molecule has 4 rings (SSSR count). The molecule has 1 aromatic rings. The molecular weight excluding hydrogens is 279 g/mol. The summed E-state index contributed by atoms with van der Waals surface area (Å²) in [6.07, 6.45) is -3.98. The molecule has 5 heteroatoms. The first kappa shape index (κ1) is 14.4. The highest BCUT2D eigenvalue weighted by atomic mass is 19.4. The van der Waals surface area contributed by atoms with Gasteiger partial charge in [0, 0.05) is 24.9 Å². The first-order valence-corrected chi connectivity index (χ1v) is 7.15. The second-order valence-corrected chi connectivity index (χ2v) is 6.78. The van der Waals surface area contributed by atoms with Crippen LogP contribution < -0.4 is 0 Å². The van der Waals surface area contributed by atoms with Gasteiger partial charge in [-0.25, -0.2) is 0 Å². The van der Waals surface area contributed by atoms with Crippen LogP contribution in [0.25, 0.3) is 0 Å². The zero-order valence-electron chi connectivity index (χ0n) is 12.1. The van der Waals surface area contributed by atoms with E-state index < -0.39 is 12.1 Å². The van der Waals surface area contributed by atoms with Crippen LogP contribution in [-0.2, 0) is 4.79 Å². The van der Waals surface area contributed by atoms with Gasteiger partial charge in [0.2, 0.25) is 0 Å². The van der Waals surface area contributed by atoms with E-state index in [1.165, 1.54) is 0 Å². The lowest BCUT2D eigenvalue weighted by atomic mass is 9.63. The summed E-state index contributed by atoms with van der Waals surface area (Å²) < 4.78 is 38.3. The van der Waals surface area contributed by atoms with Crippen molar-refractivity contribution in [2.45, 2.75) is 38.3 Å². The van der Waals surface area contributed by atoms with Crippen molar-refractivity contribution in [3.8, 4) is 0 Å². The number of hydrogen-bond acceptors (Lipinski definition) is 1. The van der Waals surface area contributed by atoms with Crippen molar-refractivity contribution >= 4 is 5.91 Å². The van der Waals surface area contributed by atoms with Crippen molar-refractivity contribution in [1.29, 1.82) is 0 Å². The van der Waals surface area contributed by atoms with Crippen molar-refractivity contribution in [3.05, 3.63) is 35.4 Å². The molecule has 0 saturated carbocycles. The molecule has 1 saturated heterocycles. The summed E-state index contributed by atoms with van der Waals surface area (Å²) in [5.41, 5.74) is 2.12. The van der Waals surface area contributed by atoms with Crippen LogP contribution in [-0.4, -0.2) is 30.1 Å². The molecule has 21 heavy (non-hydrogen) atoms. The van der Waals surface area contributed by atoms with Gasteiger partial charge in [-0.15, -0.1) is 0 Å². The van der Waals surface area contributed by atoms with Crippen molar-refractivity contribution < 1.29 is 18.0 Å². The van der Waals surface area contributed by atoms with Crippen LogP contribution in [0, 0.1) is 5.41 Å². The topological polar surface area (TPSA) is 20.3 Å². The van der Waals surface area contributed by atoms with Crippen molar-refractivity contribution in [2.75, 3.05) is 13.1 Å². The van der Waals surface area contributed by atoms with E-state index in [-0.39, 0.29) is 30.3 Å². The summed E-state index contributed by atoms with van der Waals surface area (Å²) in [5, 5.41) is 0. The first-order valence-electron chi connectivity index (χ1n) is 7.15. The number of rotatable bonds is 0. The Balaban J connectivity index is 2.02. The average Bonchev–Trinajstić information content (AvgIpc) is 2.62. The number of halogens is 3. The summed E-state index contributed by atoms with van der Waals surface area (Å²) in [6.45, 7) is 4.48. The van der Waals surface area contributed by atoms with Crippen LogP contribution in [0.1, 0.15) is 43.2 Å². The Hall–Kier alpha value is -1.52. The van der Waals surface area contributed by atoms with Crippen LogP contribution in [0.4, 0.5) is 13.2 Å². The summed E-state index contributed by atoms with van der Waals surface area (Å²) in [5.74, 6) is -1.76. The Kier molecular flexibility index (Phi) is 3.08. The molecule has 3 aliphatic rings. The van der Waals surface area contributed by atoms with Crippen molar-refractivity contribution in [3.63, 3.8) is 0 Å².